The smallest absolute Gasteiger partial charge is 0.321 e. The molecule has 1 aromatic heterocycles. The minimum absolute atomic E-state index is 0.304. The zero-order valence-electron chi connectivity index (χ0n) is 10.6. The lowest BCUT2D eigenvalue weighted by Crippen LogP contribution is -2.52. The molecule has 1 fully saturated rings. The Kier molecular flexibility index (Phi) is 3.96. The van der Waals surface area contributed by atoms with Crippen LogP contribution in [-0.2, 0) is 4.79 Å². The molecule has 7 heteroatoms. The number of nitrogens with zero attached hydrogens (tertiary/aromatic N) is 2. The molecule has 1 aliphatic heterocycles. The van der Waals surface area contributed by atoms with Gasteiger partial charge in [-0.3, -0.25) is 15.3 Å². The van der Waals surface area contributed by atoms with Gasteiger partial charge in [0.25, 0.3) is 5.91 Å². The van der Waals surface area contributed by atoms with Crippen molar-refractivity contribution < 1.29 is 14.8 Å². The fourth-order valence-electron chi connectivity index (χ4n) is 1.92. The summed E-state index contributed by atoms with van der Waals surface area (Å²) in [5.74, 6) is -0.0692. The van der Waals surface area contributed by atoms with Crippen LogP contribution in [0, 0.1) is 6.92 Å². The molecule has 1 aromatic rings. The lowest BCUT2D eigenvalue weighted by molar-refractivity contribution is -0.172. The summed E-state index contributed by atoms with van der Waals surface area (Å²) in [7, 11) is 0. The van der Waals surface area contributed by atoms with Crippen LogP contribution >= 0.6 is 0 Å². The molecule has 0 bridgehead atoms. The standard InChI is InChI=1S/C12H16N4O3/c1-8-4-2-6-10(13-8)15-12(18)14-9-5-3-7-16(19)11(9)17/h2,4,6,9,19H,3,5,7H2,1H3,(H2,13,14,15,18). The van der Waals surface area contributed by atoms with Gasteiger partial charge in [0, 0.05) is 12.2 Å². The summed E-state index contributed by atoms with van der Waals surface area (Å²) in [6.07, 6.45) is 1.17. The van der Waals surface area contributed by atoms with Gasteiger partial charge in [-0.25, -0.2) is 14.8 Å². The van der Waals surface area contributed by atoms with Gasteiger partial charge in [0.1, 0.15) is 11.9 Å². The van der Waals surface area contributed by atoms with Crippen LogP contribution in [0.1, 0.15) is 18.5 Å². The molecule has 7 nitrogen and oxygen atoms in total. The fourth-order valence-corrected chi connectivity index (χ4v) is 1.92. The van der Waals surface area contributed by atoms with E-state index in [-0.39, 0.29) is 0 Å². The van der Waals surface area contributed by atoms with E-state index in [9.17, 15) is 14.8 Å². The largest absolute Gasteiger partial charge is 0.326 e. The molecule has 2 heterocycles. The number of hydrogen-bond donors (Lipinski definition) is 3. The van der Waals surface area contributed by atoms with E-state index in [4.69, 9.17) is 0 Å². The second kappa shape index (κ2) is 5.66. The Hall–Kier alpha value is -2.15. The maximum atomic E-state index is 11.7. The average Bonchev–Trinajstić information content (AvgIpc) is 2.35. The number of aromatic nitrogens is 1. The van der Waals surface area contributed by atoms with E-state index in [0.29, 0.717) is 30.3 Å². The molecule has 1 aliphatic rings. The Bertz CT molecular complexity index is 492. The molecule has 1 saturated heterocycles. The Morgan fingerprint density at radius 1 is 1.53 bits per heavy atom. The van der Waals surface area contributed by atoms with Crippen LogP contribution in [0.2, 0.25) is 0 Å². The molecule has 0 radical (unpaired) electrons. The Morgan fingerprint density at radius 2 is 2.32 bits per heavy atom. The zero-order chi connectivity index (χ0) is 13.8. The number of anilines is 1. The number of piperidine rings is 1. The van der Waals surface area contributed by atoms with E-state index in [1.54, 1.807) is 12.1 Å². The molecule has 3 amide bonds. The van der Waals surface area contributed by atoms with E-state index in [1.165, 1.54) is 0 Å². The summed E-state index contributed by atoms with van der Waals surface area (Å²) in [5.41, 5.74) is 0.785. The molecular formula is C12H16N4O3. The van der Waals surface area contributed by atoms with Crippen molar-refractivity contribution in [2.75, 3.05) is 11.9 Å². The third kappa shape index (κ3) is 3.41. The summed E-state index contributed by atoms with van der Waals surface area (Å²) >= 11 is 0. The summed E-state index contributed by atoms with van der Waals surface area (Å²) in [4.78, 5) is 27.4. The molecule has 0 aliphatic carbocycles. The number of rotatable bonds is 2. The van der Waals surface area contributed by atoms with Crippen LogP contribution in [0.3, 0.4) is 0 Å². The van der Waals surface area contributed by atoms with Crippen molar-refractivity contribution in [2.45, 2.75) is 25.8 Å². The number of hydrogen-bond acceptors (Lipinski definition) is 4. The SMILES string of the molecule is Cc1cccc(NC(=O)NC2CCCN(O)C2=O)n1. The number of nitrogens with one attached hydrogen (secondary N) is 2. The molecule has 2 rings (SSSR count). The number of urea groups is 1. The molecule has 19 heavy (non-hydrogen) atoms. The average molecular weight is 264 g/mol. The van der Waals surface area contributed by atoms with Gasteiger partial charge in [-0.05, 0) is 31.9 Å². The van der Waals surface area contributed by atoms with E-state index in [2.05, 4.69) is 15.6 Å². The van der Waals surface area contributed by atoms with Gasteiger partial charge >= 0.3 is 6.03 Å². The van der Waals surface area contributed by atoms with Crippen molar-refractivity contribution >= 4 is 17.8 Å². The van der Waals surface area contributed by atoms with Gasteiger partial charge in [0.15, 0.2) is 0 Å². The van der Waals surface area contributed by atoms with Gasteiger partial charge in [-0.2, -0.15) is 0 Å². The van der Waals surface area contributed by atoms with Crippen LogP contribution < -0.4 is 10.6 Å². The number of pyridine rings is 1. The Labute approximate surface area is 110 Å². The fraction of sp³-hybridized carbons (Fsp3) is 0.417. The normalized spacial score (nSPS) is 19.2. The molecular weight excluding hydrogens is 248 g/mol. The highest BCUT2D eigenvalue weighted by Crippen LogP contribution is 2.10. The van der Waals surface area contributed by atoms with Gasteiger partial charge in [-0.1, -0.05) is 6.07 Å². The molecule has 3 N–H and O–H groups in total. The molecule has 0 saturated carbocycles. The number of amides is 3. The summed E-state index contributed by atoms with van der Waals surface area (Å²) in [5, 5.41) is 15.0. The van der Waals surface area contributed by atoms with E-state index >= 15 is 0 Å². The molecule has 1 atom stereocenters. The highest BCUT2D eigenvalue weighted by Gasteiger charge is 2.29. The number of carbonyl (C=O) groups is 2. The number of carbonyl (C=O) groups excluding carboxylic acids is 2. The van der Waals surface area contributed by atoms with Crippen molar-refractivity contribution in [3.8, 4) is 0 Å². The topological polar surface area (TPSA) is 94.6 Å². The van der Waals surface area contributed by atoms with Gasteiger partial charge in [0.2, 0.25) is 0 Å². The van der Waals surface area contributed by atoms with E-state index in [1.807, 2.05) is 13.0 Å². The molecule has 0 aromatic carbocycles. The first-order chi connectivity index (χ1) is 9.06. The summed E-state index contributed by atoms with van der Waals surface area (Å²) in [6, 6.07) is 4.06. The first kappa shape index (κ1) is 13.3. The van der Waals surface area contributed by atoms with E-state index < -0.39 is 18.0 Å². The monoisotopic (exact) mass is 264 g/mol. The molecule has 0 spiro atoms. The van der Waals surface area contributed by atoms with Crippen LogP contribution in [0.25, 0.3) is 0 Å². The van der Waals surface area contributed by atoms with Crippen molar-refractivity contribution in [3.63, 3.8) is 0 Å². The Morgan fingerprint density at radius 3 is 3.05 bits per heavy atom. The predicted octanol–water partition coefficient (Wildman–Crippen LogP) is 0.892. The summed E-state index contributed by atoms with van der Waals surface area (Å²) in [6.45, 7) is 2.12. The number of aryl methyl sites for hydroxylation is 1. The van der Waals surface area contributed by atoms with Crippen LogP contribution in [-0.4, -0.2) is 39.8 Å². The minimum atomic E-state index is -0.691. The first-order valence-corrected chi connectivity index (χ1v) is 6.07. The van der Waals surface area contributed by atoms with E-state index in [0.717, 1.165) is 5.69 Å². The van der Waals surface area contributed by atoms with Gasteiger partial charge < -0.3 is 5.32 Å². The highest BCUT2D eigenvalue weighted by molar-refractivity contribution is 5.93. The van der Waals surface area contributed by atoms with Crippen molar-refractivity contribution in [1.82, 2.24) is 15.4 Å². The predicted molar refractivity (Wildman–Crippen MR) is 67.6 cm³/mol. The summed E-state index contributed by atoms with van der Waals surface area (Å²) < 4.78 is 0. The first-order valence-electron chi connectivity index (χ1n) is 6.07. The van der Waals surface area contributed by atoms with Gasteiger partial charge in [-0.15, -0.1) is 0 Å². The maximum absolute atomic E-state index is 11.7. The van der Waals surface area contributed by atoms with Crippen LogP contribution in [0.4, 0.5) is 10.6 Å². The highest BCUT2D eigenvalue weighted by atomic mass is 16.5. The molecule has 1 unspecified atom stereocenters. The van der Waals surface area contributed by atoms with Crippen molar-refractivity contribution in [2.24, 2.45) is 0 Å². The second-order valence-electron chi connectivity index (χ2n) is 4.42. The van der Waals surface area contributed by atoms with Crippen molar-refractivity contribution in [1.29, 1.82) is 0 Å². The van der Waals surface area contributed by atoms with Gasteiger partial charge in [0.05, 0.1) is 0 Å². The zero-order valence-corrected chi connectivity index (χ0v) is 10.6. The Balaban J connectivity index is 1.92. The lowest BCUT2D eigenvalue weighted by atomic mass is 10.1. The van der Waals surface area contributed by atoms with Crippen molar-refractivity contribution in [3.05, 3.63) is 23.9 Å². The minimum Gasteiger partial charge on any atom is -0.326 e. The van der Waals surface area contributed by atoms with Crippen LogP contribution in [0.15, 0.2) is 18.2 Å². The molecule has 102 valence electrons. The van der Waals surface area contributed by atoms with Crippen LogP contribution in [0.5, 0.6) is 0 Å². The second-order valence-corrected chi connectivity index (χ2v) is 4.42. The lowest BCUT2D eigenvalue weighted by Gasteiger charge is -2.27. The third-order valence-electron chi connectivity index (χ3n) is 2.85. The number of hydroxylamine groups is 2. The quantitative estimate of drug-likeness (QED) is 0.691. The maximum Gasteiger partial charge on any atom is 0.321 e. The third-order valence-corrected chi connectivity index (χ3v) is 2.85.